The van der Waals surface area contributed by atoms with Crippen LogP contribution in [-0.4, -0.2) is 43.0 Å². The van der Waals surface area contributed by atoms with Crippen molar-refractivity contribution in [3.05, 3.63) is 0 Å². The predicted molar refractivity (Wildman–Crippen MR) is 92.1 cm³/mol. The van der Waals surface area contributed by atoms with Crippen LogP contribution in [-0.2, 0) is 4.79 Å². The molecule has 2 N–H and O–H groups in total. The second-order valence-corrected chi connectivity index (χ2v) is 7.14. The molecule has 3 amide bonds. The lowest BCUT2D eigenvalue weighted by Crippen LogP contribution is -2.47. The summed E-state index contributed by atoms with van der Waals surface area (Å²) >= 11 is 0. The number of nitrogens with zero attached hydrogens (tertiary/aromatic N) is 1. The third-order valence-corrected chi connectivity index (χ3v) is 5.59. The second kappa shape index (κ2) is 9.14. The zero-order chi connectivity index (χ0) is 16.7. The maximum absolute atomic E-state index is 12.3. The van der Waals surface area contributed by atoms with Gasteiger partial charge in [0, 0.05) is 32.1 Å². The van der Waals surface area contributed by atoms with Gasteiger partial charge in [-0.3, -0.25) is 4.79 Å². The van der Waals surface area contributed by atoms with Crippen molar-refractivity contribution >= 4 is 11.9 Å². The molecule has 0 bridgehead atoms. The highest BCUT2D eigenvalue weighted by Gasteiger charge is 2.27. The van der Waals surface area contributed by atoms with Gasteiger partial charge >= 0.3 is 6.03 Å². The number of piperidine rings is 1. The fraction of sp³-hybridized carbons (Fsp3) is 0.889. The van der Waals surface area contributed by atoms with Crippen LogP contribution in [0.4, 0.5) is 4.79 Å². The van der Waals surface area contributed by atoms with Crippen LogP contribution >= 0.6 is 0 Å². The molecule has 0 aromatic rings. The van der Waals surface area contributed by atoms with Gasteiger partial charge in [0.1, 0.15) is 0 Å². The number of hydrogen-bond acceptors (Lipinski definition) is 2. The van der Waals surface area contributed by atoms with E-state index in [4.69, 9.17) is 0 Å². The molecular formula is C18H33N3O2. The molecule has 1 heterocycles. The number of likely N-dealkylation sites (tertiary alicyclic amines) is 1. The SMILES string of the molecule is CCNC(=O)C1CCN(C(=O)NCC2CCC(CC)CC2)CC1. The quantitative estimate of drug-likeness (QED) is 0.817. The average molecular weight is 323 g/mol. The van der Waals surface area contributed by atoms with Crippen LogP contribution in [0.1, 0.15) is 58.8 Å². The molecule has 0 aromatic carbocycles. The molecule has 0 spiro atoms. The van der Waals surface area contributed by atoms with Crippen LogP contribution in [0.15, 0.2) is 0 Å². The van der Waals surface area contributed by atoms with Crippen molar-refractivity contribution in [2.45, 2.75) is 58.8 Å². The van der Waals surface area contributed by atoms with Crippen LogP contribution < -0.4 is 10.6 Å². The summed E-state index contributed by atoms with van der Waals surface area (Å²) in [6.07, 6.45) is 7.97. The molecular weight excluding hydrogens is 290 g/mol. The summed E-state index contributed by atoms with van der Waals surface area (Å²) in [5, 5.41) is 5.99. The van der Waals surface area contributed by atoms with E-state index in [-0.39, 0.29) is 17.9 Å². The Morgan fingerprint density at radius 3 is 2.09 bits per heavy atom. The molecule has 5 heteroatoms. The molecule has 0 radical (unpaired) electrons. The number of carbonyl (C=O) groups is 2. The standard InChI is InChI=1S/C18H33N3O2/c1-3-14-5-7-15(8-6-14)13-20-18(23)21-11-9-16(10-12-21)17(22)19-4-2/h14-16H,3-13H2,1-2H3,(H,19,22)(H,20,23). The fourth-order valence-corrected chi connectivity index (χ4v) is 3.85. The van der Waals surface area contributed by atoms with Gasteiger partial charge in [0.15, 0.2) is 0 Å². The molecule has 132 valence electrons. The van der Waals surface area contributed by atoms with E-state index < -0.39 is 0 Å². The zero-order valence-electron chi connectivity index (χ0n) is 14.8. The van der Waals surface area contributed by atoms with Crippen LogP contribution in [0.25, 0.3) is 0 Å². The number of hydrogen-bond donors (Lipinski definition) is 2. The molecule has 1 saturated carbocycles. The van der Waals surface area contributed by atoms with Gasteiger partial charge in [0.2, 0.25) is 5.91 Å². The Morgan fingerprint density at radius 2 is 1.52 bits per heavy atom. The predicted octanol–water partition coefficient (Wildman–Crippen LogP) is 2.76. The zero-order valence-corrected chi connectivity index (χ0v) is 14.8. The van der Waals surface area contributed by atoms with Gasteiger partial charge in [-0.2, -0.15) is 0 Å². The lowest BCUT2D eigenvalue weighted by Gasteiger charge is -2.32. The minimum atomic E-state index is 0.0527. The first kappa shape index (κ1) is 18.1. The summed E-state index contributed by atoms with van der Waals surface area (Å²) in [5.41, 5.74) is 0. The molecule has 0 atom stereocenters. The highest BCUT2D eigenvalue weighted by atomic mass is 16.2. The molecule has 1 aliphatic heterocycles. The first-order chi connectivity index (χ1) is 11.1. The number of carbonyl (C=O) groups excluding carboxylic acids is 2. The minimum absolute atomic E-state index is 0.0527. The van der Waals surface area contributed by atoms with Gasteiger partial charge in [-0.15, -0.1) is 0 Å². The van der Waals surface area contributed by atoms with Crippen LogP contribution in [0.3, 0.4) is 0 Å². The Kier molecular flexibility index (Phi) is 7.18. The van der Waals surface area contributed by atoms with Crippen molar-refractivity contribution in [3.8, 4) is 0 Å². The number of nitrogens with one attached hydrogen (secondary N) is 2. The van der Waals surface area contributed by atoms with Gasteiger partial charge in [-0.05, 0) is 44.4 Å². The van der Waals surface area contributed by atoms with Crippen molar-refractivity contribution in [3.63, 3.8) is 0 Å². The molecule has 0 aromatic heterocycles. The molecule has 0 unspecified atom stereocenters. The van der Waals surface area contributed by atoms with E-state index >= 15 is 0 Å². The Hall–Kier alpha value is -1.26. The van der Waals surface area contributed by atoms with Crippen molar-refractivity contribution in [2.75, 3.05) is 26.2 Å². The highest BCUT2D eigenvalue weighted by molar-refractivity contribution is 5.79. The largest absolute Gasteiger partial charge is 0.356 e. The topological polar surface area (TPSA) is 61.4 Å². The first-order valence-corrected chi connectivity index (χ1v) is 9.44. The van der Waals surface area contributed by atoms with Crippen LogP contribution in [0, 0.1) is 17.8 Å². The van der Waals surface area contributed by atoms with Crippen molar-refractivity contribution < 1.29 is 9.59 Å². The third-order valence-electron chi connectivity index (χ3n) is 5.59. The lowest BCUT2D eigenvalue weighted by molar-refractivity contribution is -0.126. The highest BCUT2D eigenvalue weighted by Crippen LogP contribution is 2.30. The molecule has 1 saturated heterocycles. The summed E-state index contributed by atoms with van der Waals surface area (Å²) in [6, 6.07) is 0.0527. The van der Waals surface area contributed by atoms with E-state index in [1.54, 1.807) is 0 Å². The van der Waals surface area contributed by atoms with Crippen LogP contribution in [0.5, 0.6) is 0 Å². The van der Waals surface area contributed by atoms with E-state index in [1.807, 2.05) is 11.8 Å². The minimum Gasteiger partial charge on any atom is -0.356 e. The first-order valence-electron chi connectivity index (χ1n) is 9.44. The van der Waals surface area contributed by atoms with Crippen molar-refractivity contribution in [2.24, 2.45) is 17.8 Å². The Morgan fingerprint density at radius 1 is 0.913 bits per heavy atom. The summed E-state index contributed by atoms with van der Waals surface area (Å²) in [4.78, 5) is 26.0. The molecule has 1 aliphatic carbocycles. The lowest BCUT2D eigenvalue weighted by atomic mass is 9.81. The van der Waals surface area contributed by atoms with Crippen LogP contribution in [0.2, 0.25) is 0 Å². The van der Waals surface area contributed by atoms with Crippen molar-refractivity contribution in [1.29, 1.82) is 0 Å². The van der Waals surface area contributed by atoms with Gasteiger partial charge in [0.05, 0.1) is 0 Å². The summed E-state index contributed by atoms with van der Waals surface area (Å²) in [5.74, 6) is 1.76. The summed E-state index contributed by atoms with van der Waals surface area (Å²) < 4.78 is 0. The van der Waals surface area contributed by atoms with E-state index in [2.05, 4.69) is 17.6 Å². The number of rotatable bonds is 5. The normalized spacial score (nSPS) is 25.9. The Balaban J connectivity index is 1.64. The number of amides is 3. The Labute approximate surface area is 140 Å². The van der Waals surface area contributed by atoms with E-state index in [1.165, 1.54) is 32.1 Å². The monoisotopic (exact) mass is 323 g/mol. The van der Waals surface area contributed by atoms with E-state index in [9.17, 15) is 9.59 Å². The maximum Gasteiger partial charge on any atom is 0.317 e. The molecule has 2 fully saturated rings. The third kappa shape index (κ3) is 5.40. The van der Waals surface area contributed by atoms with Crippen molar-refractivity contribution in [1.82, 2.24) is 15.5 Å². The maximum atomic E-state index is 12.3. The fourth-order valence-electron chi connectivity index (χ4n) is 3.85. The van der Waals surface area contributed by atoms with Gasteiger partial charge in [-0.1, -0.05) is 26.2 Å². The molecule has 5 nitrogen and oxygen atoms in total. The summed E-state index contributed by atoms with van der Waals surface area (Å²) in [6.45, 7) is 7.09. The average Bonchev–Trinajstić information content (AvgIpc) is 2.60. The molecule has 2 rings (SSSR count). The van der Waals surface area contributed by atoms with Gasteiger partial charge < -0.3 is 15.5 Å². The Bertz CT molecular complexity index is 384. The van der Waals surface area contributed by atoms with Gasteiger partial charge in [-0.25, -0.2) is 4.79 Å². The summed E-state index contributed by atoms with van der Waals surface area (Å²) in [7, 11) is 0. The molecule has 2 aliphatic rings. The van der Waals surface area contributed by atoms with E-state index in [0.717, 1.165) is 25.3 Å². The molecule has 23 heavy (non-hydrogen) atoms. The van der Waals surface area contributed by atoms with E-state index in [0.29, 0.717) is 25.6 Å². The number of urea groups is 1. The second-order valence-electron chi connectivity index (χ2n) is 7.14. The van der Waals surface area contributed by atoms with Gasteiger partial charge in [0.25, 0.3) is 0 Å². The smallest absolute Gasteiger partial charge is 0.317 e.